The van der Waals surface area contributed by atoms with Crippen LogP contribution in [-0.2, 0) is 18.4 Å². The number of alkyl halides is 2. The fourth-order valence-electron chi connectivity index (χ4n) is 2.25. The third-order valence-corrected chi connectivity index (χ3v) is 5.92. The van der Waals surface area contributed by atoms with Crippen molar-refractivity contribution in [2.75, 3.05) is 10.7 Å². The second kappa shape index (κ2) is 7.05. The van der Waals surface area contributed by atoms with Crippen LogP contribution in [0.25, 0.3) is 0 Å². The summed E-state index contributed by atoms with van der Waals surface area (Å²) in [6.07, 6.45) is 2.39. The molecule has 0 aliphatic carbocycles. The van der Waals surface area contributed by atoms with Crippen molar-refractivity contribution in [3.63, 3.8) is 0 Å². The summed E-state index contributed by atoms with van der Waals surface area (Å²) < 4.78 is 1.93. The Kier molecular flexibility index (Phi) is 5.64. The van der Waals surface area contributed by atoms with Gasteiger partial charge in [-0.25, -0.2) is 4.98 Å². The van der Waals surface area contributed by atoms with E-state index < -0.39 is 0 Å². The smallest absolute Gasteiger partial charge is 0.138 e. The molecule has 3 nitrogen and oxygen atoms in total. The van der Waals surface area contributed by atoms with Gasteiger partial charge in [-0.2, -0.15) is 5.10 Å². The molecule has 0 radical (unpaired) electrons. The first kappa shape index (κ1) is 16.0. The first-order valence-electron chi connectivity index (χ1n) is 6.40. The van der Waals surface area contributed by atoms with Crippen LogP contribution >= 0.6 is 43.5 Å². The molecule has 0 aliphatic rings. The normalized spacial score (nSPS) is 11.8. The van der Waals surface area contributed by atoms with Crippen molar-refractivity contribution in [3.05, 3.63) is 47.0 Å². The van der Waals surface area contributed by atoms with Gasteiger partial charge in [0.1, 0.15) is 12.2 Å². The van der Waals surface area contributed by atoms with Gasteiger partial charge in [0.05, 0.1) is 0 Å². The van der Waals surface area contributed by atoms with Gasteiger partial charge in [0.2, 0.25) is 0 Å². The van der Waals surface area contributed by atoms with Crippen LogP contribution in [0, 0.1) is 0 Å². The maximum absolute atomic E-state index is 6.40. The molecule has 0 amide bonds. The molecule has 1 aromatic carbocycles. The molecule has 0 saturated heterocycles. The number of hydrogen-bond donors (Lipinski definition) is 0. The highest BCUT2D eigenvalue weighted by molar-refractivity contribution is 9.09. The molecule has 0 N–H and O–H groups in total. The zero-order chi connectivity index (χ0) is 14.6. The summed E-state index contributed by atoms with van der Waals surface area (Å²) in [6, 6.07) is 7.98. The Morgan fingerprint density at radius 3 is 2.55 bits per heavy atom. The van der Waals surface area contributed by atoms with E-state index in [1.165, 1.54) is 0 Å². The largest absolute Gasteiger partial charge is 0.250 e. The van der Waals surface area contributed by atoms with Crippen molar-refractivity contribution in [1.82, 2.24) is 14.8 Å². The van der Waals surface area contributed by atoms with Gasteiger partial charge in [-0.3, -0.25) is 4.68 Å². The van der Waals surface area contributed by atoms with Gasteiger partial charge >= 0.3 is 0 Å². The number of hydrogen-bond acceptors (Lipinski definition) is 2. The standard InChI is InChI=1S/C14H16Br2ClN3/c1-2-20-13(18-10-19-20)7-14(8-15,9-16)11-5-3-4-6-12(11)17/h3-6,10H,2,7-9H2,1H3. The van der Waals surface area contributed by atoms with Crippen LogP contribution in [0.4, 0.5) is 0 Å². The molecule has 0 bridgehead atoms. The van der Waals surface area contributed by atoms with Gasteiger partial charge < -0.3 is 0 Å². The average molecular weight is 422 g/mol. The van der Waals surface area contributed by atoms with E-state index in [9.17, 15) is 0 Å². The third-order valence-electron chi connectivity index (χ3n) is 3.45. The molecule has 1 heterocycles. The maximum atomic E-state index is 6.40. The summed E-state index contributed by atoms with van der Waals surface area (Å²) in [5.41, 5.74) is 0.985. The second-order valence-corrected chi connectivity index (χ2v) is 6.22. The number of aromatic nitrogens is 3. The lowest BCUT2D eigenvalue weighted by atomic mass is 9.81. The van der Waals surface area contributed by atoms with Crippen LogP contribution < -0.4 is 0 Å². The van der Waals surface area contributed by atoms with Crippen LogP contribution in [-0.4, -0.2) is 25.4 Å². The van der Waals surface area contributed by atoms with Crippen molar-refractivity contribution in [2.45, 2.75) is 25.3 Å². The molecule has 1 aromatic heterocycles. The molecule has 2 rings (SSSR count). The number of benzene rings is 1. The minimum atomic E-state index is -0.141. The molecule has 0 atom stereocenters. The second-order valence-electron chi connectivity index (χ2n) is 4.70. The average Bonchev–Trinajstić information content (AvgIpc) is 2.92. The van der Waals surface area contributed by atoms with Crippen LogP contribution in [0.15, 0.2) is 30.6 Å². The fraction of sp³-hybridized carbons (Fsp3) is 0.429. The molecular weight excluding hydrogens is 405 g/mol. The number of halogens is 3. The lowest BCUT2D eigenvalue weighted by Gasteiger charge is -2.31. The van der Waals surface area contributed by atoms with Crippen LogP contribution in [0.1, 0.15) is 18.3 Å². The van der Waals surface area contributed by atoms with Crippen molar-refractivity contribution >= 4 is 43.5 Å². The Morgan fingerprint density at radius 1 is 1.25 bits per heavy atom. The van der Waals surface area contributed by atoms with Gasteiger partial charge in [-0.1, -0.05) is 61.7 Å². The number of aryl methyl sites for hydroxylation is 1. The first-order chi connectivity index (χ1) is 9.66. The minimum Gasteiger partial charge on any atom is -0.250 e. The van der Waals surface area contributed by atoms with Crippen molar-refractivity contribution in [1.29, 1.82) is 0 Å². The third kappa shape index (κ3) is 3.10. The number of rotatable bonds is 6. The van der Waals surface area contributed by atoms with E-state index in [4.69, 9.17) is 11.6 Å². The zero-order valence-corrected chi connectivity index (χ0v) is 15.1. The molecule has 0 saturated carbocycles. The molecule has 0 spiro atoms. The van der Waals surface area contributed by atoms with Gasteiger partial charge in [0, 0.05) is 34.1 Å². The highest BCUT2D eigenvalue weighted by Crippen LogP contribution is 2.36. The summed E-state index contributed by atoms with van der Waals surface area (Å²) in [5, 5.41) is 6.63. The van der Waals surface area contributed by atoms with Gasteiger partial charge in [-0.05, 0) is 18.6 Å². The monoisotopic (exact) mass is 419 g/mol. The Hall–Kier alpha value is -0.390. The summed E-state index contributed by atoms with van der Waals surface area (Å²) in [6.45, 7) is 2.89. The van der Waals surface area contributed by atoms with E-state index in [0.717, 1.165) is 40.0 Å². The minimum absolute atomic E-state index is 0.141. The molecule has 0 unspecified atom stereocenters. The van der Waals surface area contributed by atoms with E-state index in [-0.39, 0.29) is 5.41 Å². The summed E-state index contributed by atoms with van der Waals surface area (Å²) >= 11 is 13.7. The molecule has 108 valence electrons. The fourth-order valence-corrected chi connectivity index (χ4v) is 4.52. The SMILES string of the molecule is CCn1ncnc1CC(CBr)(CBr)c1ccccc1Cl. The highest BCUT2D eigenvalue weighted by atomic mass is 79.9. The summed E-state index contributed by atoms with van der Waals surface area (Å²) in [4.78, 5) is 4.39. The number of nitrogens with zero attached hydrogens (tertiary/aromatic N) is 3. The van der Waals surface area contributed by atoms with E-state index in [1.807, 2.05) is 22.9 Å². The predicted octanol–water partition coefficient (Wildman–Crippen LogP) is 4.22. The van der Waals surface area contributed by atoms with Crippen molar-refractivity contribution in [3.8, 4) is 0 Å². The topological polar surface area (TPSA) is 30.7 Å². The van der Waals surface area contributed by atoms with Gasteiger partial charge in [0.25, 0.3) is 0 Å². The molecular formula is C14H16Br2ClN3. The summed E-state index contributed by atoms with van der Waals surface area (Å²) in [5.74, 6) is 0.978. The lowest BCUT2D eigenvalue weighted by molar-refractivity contribution is 0.500. The van der Waals surface area contributed by atoms with E-state index in [1.54, 1.807) is 6.33 Å². The molecule has 2 aromatic rings. The van der Waals surface area contributed by atoms with Gasteiger partial charge in [0.15, 0.2) is 0 Å². The molecule has 6 heteroatoms. The Labute approximate surface area is 141 Å². The van der Waals surface area contributed by atoms with Crippen LogP contribution in [0.2, 0.25) is 5.02 Å². The van der Waals surface area contributed by atoms with Gasteiger partial charge in [-0.15, -0.1) is 0 Å². The molecule has 20 heavy (non-hydrogen) atoms. The lowest BCUT2D eigenvalue weighted by Crippen LogP contribution is -2.34. The Balaban J connectivity index is 2.43. The van der Waals surface area contributed by atoms with Crippen molar-refractivity contribution in [2.24, 2.45) is 0 Å². The molecule has 0 fully saturated rings. The van der Waals surface area contributed by atoms with Crippen LogP contribution in [0.5, 0.6) is 0 Å². The van der Waals surface area contributed by atoms with Crippen LogP contribution in [0.3, 0.4) is 0 Å². The maximum Gasteiger partial charge on any atom is 0.138 e. The van der Waals surface area contributed by atoms with E-state index in [2.05, 4.69) is 54.9 Å². The van der Waals surface area contributed by atoms with E-state index >= 15 is 0 Å². The Morgan fingerprint density at radius 2 is 1.95 bits per heavy atom. The zero-order valence-electron chi connectivity index (χ0n) is 11.2. The quantitative estimate of drug-likeness (QED) is 0.654. The molecule has 0 aliphatic heterocycles. The highest BCUT2D eigenvalue weighted by Gasteiger charge is 2.34. The van der Waals surface area contributed by atoms with Crippen molar-refractivity contribution < 1.29 is 0 Å². The predicted molar refractivity (Wildman–Crippen MR) is 90.1 cm³/mol. The Bertz CT molecular complexity index is 567. The summed E-state index contributed by atoms with van der Waals surface area (Å²) in [7, 11) is 0. The van der Waals surface area contributed by atoms with E-state index in [0.29, 0.717) is 0 Å². The first-order valence-corrected chi connectivity index (χ1v) is 9.02.